The summed E-state index contributed by atoms with van der Waals surface area (Å²) in [6.45, 7) is 5.51. The molecule has 0 bridgehead atoms. The van der Waals surface area contributed by atoms with Gasteiger partial charge in [0.1, 0.15) is 0 Å². The number of anilines is 1. The lowest BCUT2D eigenvalue weighted by Gasteiger charge is -2.29. The van der Waals surface area contributed by atoms with Crippen LogP contribution in [-0.2, 0) is 13.0 Å². The Morgan fingerprint density at radius 3 is 2.68 bits per heavy atom. The highest BCUT2D eigenvalue weighted by molar-refractivity contribution is 5.88. The molecular formula is C17H19N3O2. The lowest BCUT2D eigenvalue weighted by molar-refractivity contribution is 0.0694. The Kier molecular flexibility index (Phi) is 3.79. The Labute approximate surface area is 129 Å². The predicted octanol–water partition coefficient (Wildman–Crippen LogP) is 2.86. The molecule has 1 aromatic heterocycles. The van der Waals surface area contributed by atoms with Gasteiger partial charge >= 0.3 is 5.97 Å². The molecule has 2 heterocycles. The van der Waals surface area contributed by atoms with E-state index in [0.29, 0.717) is 11.6 Å². The third kappa shape index (κ3) is 2.66. The Morgan fingerprint density at radius 2 is 2.00 bits per heavy atom. The fraction of sp³-hybridized carbons (Fsp3) is 0.353. The van der Waals surface area contributed by atoms with Crippen LogP contribution in [0.4, 0.5) is 5.95 Å². The van der Waals surface area contributed by atoms with Crippen LogP contribution in [-0.4, -0.2) is 27.6 Å². The molecule has 0 saturated carbocycles. The molecule has 0 radical (unpaired) electrons. The minimum Gasteiger partial charge on any atom is -0.478 e. The van der Waals surface area contributed by atoms with Gasteiger partial charge in [0.25, 0.3) is 0 Å². The number of hydrogen-bond donors (Lipinski definition) is 1. The van der Waals surface area contributed by atoms with E-state index in [0.717, 1.165) is 19.5 Å². The highest BCUT2D eigenvalue weighted by Gasteiger charge is 2.21. The number of benzene rings is 1. The van der Waals surface area contributed by atoms with Crippen molar-refractivity contribution in [2.45, 2.75) is 32.7 Å². The Morgan fingerprint density at radius 1 is 1.27 bits per heavy atom. The number of fused-ring (bicyclic) bond motifs is 1. The van der Waals surface area contributed by atoms with E-state index >= 15 is 0 Å². The average Bonchev–Trinajstić information content (AvgIpc) is 2.53. The summed E-state index contributed by atoms with van der Waals surface area (Å²) in [5.74, 6) is -0.313. The highest BCUT2D eigenvalue weighted by Crippen LogP contribution is 2.24. The van der Waals surface area contributed by atoms with Gasteiger partial charge in [0.05, 0.1) is 11.3 Å². The van der Waals surface area contributed by atoms with Crippen LogP contribution in [0.2, 0.25) is 0 Å². The van der Waals surface area contributed by atoms with Crippen molar-refractivity contribution in [2.75, 3.05) is 11.4 Å². The van der Waals surface area contributed by atoms with Crippen molar-refractivity contribution >= 4 is 11.9 Å². The smallest absolute Gasteiger partial charge is 0.339 e. The molecular weight excluding hydrogens is 278 g/mol. The number of carboxylic acid groups (broad SMARTS) is 1. The van der Waals surface area contributed by atoms with Crippen molar-refractivity contribution in [1.82, 2.24) is 9.97 Å². The molecule has 5 nitrogen and oxygen atoms in total. The van der Waals surface area contributed by atoms with Gasteiger partial charge in [-0.05, 0) is 23.5 Å². The minimum absolute atomic E-state index is 0.0462. The van der Waals surface area contributed by atoms with Crippen molar-refractivity contribution in [3.8, 4) is 0 Å². The van der Waals surface area contributed by atoms with Crippen LogP contribution in [0.15, 0.2) is 30.5 Å². The summed E-state index contributed by atoms with van der Waals surface area (Å²) < 4.78 is 0. The quantitative estimate of drug-likeness (QED) is 0.943. The van der Waals surface area contributed by atoms with Crippen LogP contribution in [0.1, 0.15) is 46.9 Å². The number of hydrogen-bond acceptors (Lipinski definition) is 4. The molecule has 0 spiro atoms. The van der Waals surface area contributed by atoms with Crippen molar-refractivity contribution < 1.29 is 9.90 Å². The van der Waals surface area contributed by atoms with Crippen molar-refractivity contribution in [3.05, 3.63) is 52.8 Å². The molecule has 1 aromatic carbocycles. The number of nitrogens with zero attached hydrogens (tertiary/aromatic N) is 3. The van der Waals surface area contributed by atoms with Gasteiger partial charge in [0.15, 0.2) is 0 Å². The number of aromatic nitrogens is 2. The molecule has 5 heteroatoms. The van der Waals surface area contributed by atoms with E-state index in [1.807, 2.05) is 19.9 Å². The summed E-state index contributed by atoms with van der Waals surface area (Å²) in [4.78, 5) is 22.2. The van der Waals surface area contributed by atoms with Gasteiger partial charge in [-0.25, -0.2) is 14.8 Å². The van der Waals surface area contributed by atoms with Crippen molar-refractivity contribution in [3.63, 3.8) is 0 Å². The molecule has 1 aliphatic rings. The summed E-state index contributed by atoms with van der Waals surface area (Å²) in [6, 6.07) is 8.37. The van der Waals surface area contributed by atoms with Gasteiger partial charge in [-0.3, -0.25) is 0 Å². The standard InChI is InChI=1S/C17H19N3O2/c1-11(2)15-14(16(21)22)9-18-17(19-15)20-8-7-12-5-3-4-6-13(12)10-20/h3-6,9,11H,7-8,10H2,1-2H3,(H,21,22). The van der Waals surface area contributed by atoms with E-state index < -0.39 is 5.97 Å². The third-order valence-corrected chi connectivity index (χ3v) is 4.00. The van der Waals surface area contributed by atoms with Gasteiger partial charge in [-0.2, -0.15) is 0 Å². The zero-order chi connectivity index (χ0) is 15.7. The maximum Gasteiger partial charge on any atom is 0.339 e. The lowest BCUT2D eigenvalue weighted by atomic mass is 10.0. The molecule has 1 aliphatic heterocycles. The lowest BCUT2D eigenvalue weighted by Crippen LogP contribution is -2.32. The van der Waals surface area contributed by atoms with Crippen LogP contribution in [0.3, 0.4) is 0 Å². The first-order valence-electron chi connectivity index (χ1n) is 7.48. The van der Waals surface area contributed by atoms with E-state index in [4.69, 9.17) is 0 Å². The molecule has 0 fully saturated rings. The van der Waals surface area contributed by atoms with E-state index in [2.05, 4.69) is 33.1 Å². The number of aromatic carboxylic acids is 1. The van der Waals surface area contributed by atoms with Crippen molar-refractivity contribution in [2.24, 2.45) is 0 Å². The molecule has 2 aromatic rings. The molecule has 0 atom stereocenters. The molecule has 3 rings (SSSR count). The van der Waals surface area contributed by atoms with E-state index in [1.54, 1.807) is 0 Å². The summed E-state index contributed by atoms with van der Waals surface area (Å²) >= 11 is 0. The molecule has 0 amide bonds. The molecule has 1 N–H and O–H groups in total. The third-order valence-electron chi connectivity index (χ3n) is 4.00. The van der Waals surface area contributed by atoms with Gasteiger partial charge in [0, 0.05) is 19.3 Å². The summed E-state index contributed by atoms with van der Waals surface area (Å²) in [7, 11) is 0. The second-order valence-electron chi connectivity index (χ2n) is 5.87. The first kappa shape index (κ1) is 14.5. The Hall–Kier alpha value is -2.43. The maximum atomic E-state index is 11.3. The predicted molar refractivity (Wildman–Crippen MR) is 84.3 cm³/mol. The second-order valence-corrected chi connectivity index (χ2v) is 5.87. The van der Waals surface area contributed by atoms with Crippen LogP contribution >= 0.6 is 0 Å². The number of carbonyl (C=O) groups is 1. The maximum absolute atomic E-state index is 11.3. The molecule has 114 valence electrons. The largest absolute Gasteiger partial charge is 0.478 e. The molecule has 0 saturated heterocycles. The fourth-order valence-electron chi connectivity index (χ4n) is 2.81. The van der Waals surface area contributed by atoms with E-state index in [9.17, 15) is 9.90 Å². The van der Waals surface area contributed by atoms with Crippen molar-refractivity contribution in [1.29, 1.82) is 0 Å². The zero-order valence-corrected chi connectivity index (χ0v) is 12.8. The van der Waals surface area contributed by atoms with Crippen LogP contribution in [0.5, 0.6) is 0 Å². The molecule has 0 aliphatic carbocycles. The van der Waals surface area contributed by atoms with E-state index in [1.165, 1.54) is 17.3 Å². The first-order chi connectivity index (χ1) is 10.6. The van der Waals surface area contributed by atoms with E-state index in [-0.39, 0.29) is 11.5 Å². The number of carboxylic acids is 1. The average molecular weight is 297 g/mol. The monoisotopic (exact) mass is 297 g/mol. The van der Waals surface area contributed by atoms with Gasteiger partial charge in [-0.15, -0.1) is 0 Å². The first-order valence-corrected chi connectivity index (χ1v) is 7.48. The molecule has 22 heavy (non-hydrogen) atoms. The van der Waals surface area contributed by atoms with Gasteiger partial charge in [0.2, 0.25) is 5.95 Å². The Balaban J connectivity index is 1.93. The molecule has 0 unspecified atom stereocenters. The van der Waals surface area contributed by atoms with Crippen LogP contribution in [0, 0.1) is 0 Å². The minimum atomic E-state index is -0.973. The Bertz CT molecular complexity index is 713. The SMILES string of the molecule is CC(C)c1nc(N2CCc3ccccc3C2)ncc1C(=O)O. The number of rotatable bonds is 3. The zero-order valence-electron chi connectivity index (χ0n) is 12.8. The van der Waals surface area contributed by atoms with Crippen LogP contribution in [0.25, 0.3) is 0 Å². The van der Waals surface area contributed by atoms with Gasteiger partial charge in [-0.1, -0.05) is 38.1 Å². The summed E-state index contributed by atoms with van der Waals surface area (Å²) in [5.41, 5.74) is 3.43. The topological polar surface area (TPSA) is 66.3 Å². The van der Waals surface area contributed by atoms with Gasteiger partial charge < -0.3 is 10.0 Å². The second kappa shape index (κ2) is 5.75. The highest BCUT2D eigenvalue weighted by atomic mass is 16.4. The fourth-order valence-corrected chi connectivity index (χ4v) is 2.81. The summed E-state index contributed by atoms with van der Waals surface area (Å²) in [6.07, 6.45) is 2.39. The summed E-state index contributed by atoms with van der Waals surface area (Å²) in [5, 5.41) is 9.25. The van der Waals surface area contributed by atoms with Crippen LogP contribution < -0.4 is 4.90 Å². The normalized spacial score (nSPS) is 14.0.